The Bertz CT molecular complexity index is 468. The largest absolute Gasteiger partial charge is 0.385 e. The molecule has 0 radical (unpaired) electrons. The smallest absolute Gasteiger partial charge is 0.148 e. The molecular formula is C17H25FN2. The molecular weight excluding hydrogens is 251 g/mol. The predicted octanol–water partition coefficient (Wildman–Crippen LogP) is 4.44. The van der Waals surface area contributed by atoms with E-state index < -0.39 is 0 Å². The minimum Gasteiger partial charge on any atom is -0.385 e. The van der Waals surface area contributed by atoms with E-state index in [1.54, 1.807) is 6.07 Å². The van der Waals surface area contributed by atoms with Crippen molar-refractivity contribution in [1.82, 2.24) is 0 Å². The van der Waals surface area contributed by atoms with Gasteiger partial charge in [0.25, 0.3) is 0 Å². The van der Waals surface area contributed by atoms with E-state index in [0.29, 0.717) is 11.6 Å². The van der Waals surface area contributed by atoms with Crippen LogP contribution in [0.2, 0.25) is 0 Å². The first kappa shape index (κ1) is 14.9. The van der Waals surface area contributed by atoms with E-state index in [2.05, 4.69) is 31.3 Å². The van der Waals surface area contributed by atoms with Gasteiger partial charge in [-0.15, -0.1) is 0 Å². The Hall–Kier alpha value is -1.51. The van der Waals surface area contributed by atoms with Gasteiger partial charge in [0.05, 0.1) is 5.69 Å². The second-order valence-electron chi connectivity index (χ2n) is 5.90. The van der Waals surface area contributed by atoms with Crippen molar-refractivity contribution >= 4 is 11.4 Å². The number of allylic oxidation sites excluding steroid dienone is 2. The molecule has 0 saturated heterocycles. The van der Waals surface area contributed by atoms with Crippen LogP contribution in [0.15, 0.2) is 30.4 Å². The van der Waals surface area contributed by atoms with Crippen molar-refractivity contribution in [2.45, 2.75) is 39.2 Å². The lowest BCUT2D eigenvalue weighted by molar-refractivity contribution is 0.504. The highest BCUT2D eigenvalue weighted by Gasteiger charge is 2.12. The molecule has 1 aliphatic carbocycles. The van der Waals surface area contributed by atoms with Crippen LogP contribution in [-0.2, 0) is 0 Å². The highest BCUT2D eigenvalue weighted by Crippen LogP contribution is 2.24. The number of halogens is 1. The average molecular weight is 276 g/mol. The Kier molecular flexibility index (Phi) is 5.05. The third kappa shape index (κ3) is 3.75. The van der Waals surface area contributed by atoms with Gasteiger partial charge >= 0.3 is 0 Å². The maximum Gasteiger partial charge on any atom is 0.148 e. The van der Waals surface area contributed by atoms with Gasteiger partial charge in [-0.3, -0.25) is 0 Å². The summed E-state index contributed by atoms with van der Waals surface area (Å²) in [7, 11) is 1.92. The van der Waals surface area contributed by atoms with Crippen molar-refractivity contribution in [2.24, 2.45) is 5.92 Å². The van der Waals surface area contributed by atoms with Gasteiger partial charge in [0.1, 0.15) is 5.82 Å². The Labute approximate surface area is 121 Å². The minimum atomic E-state index is -0.158. The molecule has 0 aliphatic heterocycles. The second-order valence-corrected chi connectivity index (χ2v) is 5.90. The van der Waals surface area contributed by atoms with Crippen LogP contribution in [0.4, 0.5) is 15.8 Å². The molecule has 0 saturated carbocycles. The van der Waals surface area contributed by atoms with Gasteiger partial charge in [-0.1, -0.05) is 12.2 Å². The van der Waals surface area contributed by atoms with Gasteiger partial charge < -0.3 is 10.2 Å². The summed E-state index contributed by atoms with van der Waals surface area (Å²) in [6, 6.07) is 5.72. The summed E-state index contributed by atoms with van der Waals surface area (Å²) in [5, 5.41) is 3.36. The van der Waals surface area contributed by atoms with Gasteiger partial charge in [0.2, 0.25) is 0 Å². The maximum atomic E-state index is 14.1. The van der Waals surface area contributed by atoms with E-state index in [4.69, 9.17) is 0 Å². The molecule has 1 aromatic carbocycles. The highest BCUT2D eigenvalue weighted by atomic mass is 19.1. The first-order chi connectivity index (χ1) is 9.58. The van der Waals surface area contributed by atoms with E-state index in [9.17, 15) is 4.39 Å². The molecule has 0 fully saturated rings. The number of rotatable bonds is 5. The first-order valence-electron chi connectivity index (χ1n) is 7.49. The number of anilines is 2. The summed E-state index contributed by atoms with van der Waals surface area (Å²) in [5.41, 5.74) is 1.53. The molecule has 0 spiro atoms. The molecule has 2 nitrogen and oxygen atoms in total. The van der Waals surface area contributed by atoms with Gasteiger partial charge in [0.15, 0.2) is 0 Å². The standard InChI is InChI=1S/C17H25FN2/c1-13(2)20(3)17-10-9-15(11-16(17)18)19-12-14-7-5-4-6-8-14/h4-5,9-11,13-14,19H,6-8,12H2,1-3H3. The van der Waals surface area contributed by atoms with Crippen LogP contribution in [-0.4, -0.2) is 19.6 Å². The van der Waals surface area contributed by atoms with Gasteiger partial charge in [-0.25, -0.2) is 4.39 Å². The summed E-state index contributed by atoms with van der Waals surface area (Å²) in [6.07, 6.45) is 8.01. The van der Waals surface area contributed by atoms with Crippen LogP contribution in [0, 0.1) is 11.7 Å². The molecule has 0 aromatic heterocycles. The topological polar surface area (TPSA) is 15.3 Å². The van der Waals surface area contributed by atoms with Crippen molar-refractivity contribution < 1.29 is 4.39 Å². The lowest BCUT2D eigenvalue weighted by Gasteiger charge is -2.25. The van der Waals surface area contributed by atoms with Crippen LogP contribution in [0.3, 0.4) is 0 Å². The van der Waals surface area contributed by atoms with Crippen molar-refractivity contribution in [2.75, 3.05) is 23.8 Å². The normalized spacial score (nSPS) is 18.4. The van der Waals surface area contributed by atoms with Crippen LogP contribution < -0.4 is 10.2 Å². The number of hydrogen-bond acceptors (Lipinski definition) is 2. The molecule has 0 amide bonds. The molecule has 1 N–H and O–H groups in total. The Balaban J connectivity index is 1.96. The monoisotopic (exact) mass is 276 g/mol. The number of nitrogens with one attached hydrogen (secondary N) is 1. The van der Waals surface area contributed by atoms with Crippen LogP contribution in [0.1, 0.15) is 33.1 Å². The molecule has 1 unspecified atom stereocenters. The Morgan fingerprint density at radius 3 is 2.75 bits per heavy atom. The zero-order valence-corrected chi connectivity index (χ0v) is 12.7. The van der Waals surface area contributed by atoms with E-state index in [1.165, 1.54) is 12.8 Å². The van der Waals surface area contributed by atoms with E-state index in [-0.39, 0.29) is 11.9 Å². The van der Waals surface area contributed by atoms with Gasteiger partial charge in [-0.05, 0) is 57.2 Å². The lowest BCUT2D eigenvalue weighted by atomic mass is 9.94. The summed E-state index contributed by atoms with van der Waals surface area (Å²) < 4.78 is 14.1. The van der Waals surface area contributed by atoms with E-state index >= 15 is 0 Å². The molecule has 110 valence electrons. The highest BCUT2D eigenvalue weighted by molar-refractivity contribution is 5.56. The van der Waals surface area contributed by atoms with Crippen molar-refractivity contribution in [3.63, 3.8) is 0 Å². The fourth-order valence-electron chi connectivity index (χ4n) is 2.48. The summed E-state index contributed by atoms with van der Waals surface area (Å²) in [6.45, 7) is 5.04. The number of benzene rings is 1. The third-order valence-corrected chi connectivity index (χ3v) is 4.07. The molecule has 1 atom stereocenters. The molecule has 1 aliphatic rings. The average Bonchev–Trinajstić information content (AvgIpc) is 2.45. The Morgan fingerprint density at radius 1 is 1.35 bits per heavy atom. The van der Waals surface area contributed by atoms with Crippen molar-refractivity contribution in [1.29, 1.82) is 0 Å². The Morgan fingerprint density at radius 2 is 2.15 bits per heavy atom. The molecule has 2 rings (SSSR count). The maximum absolute atomic E-state index is 14.1. The molecule has 3 heteroatoms. The molecule has 20 heavy (non-hydrogen) atoms. The van der Waals surface area contributed by atoms with Crippen LogP contribution in [0.5, 0.6) is 0 Å². The minimum absolute atomic E-state index is 0.158. The SMILES string of the molecule is CC(C)N(C)c1ccc(NCC2CC=CCC2)cc1F. The number of hydrogen-bond donors (Lipinski definition) is 1. The number of nitrogens with zero attached hydrogens (tertiary/aromatic N) is 1. The lowest BCUT2D eigenvalue weighted by Crippen LogP contribution is -2.26. The second kappa shape index (κ2) is 6.78. The first-order valence-corrected chi connectivity index (χ1v) is 7.49. The third-order valence-electron chi connectivity index (χ3n) is 4.07. The van der Waals surface area contributed by atoms with Crippen LogP contribution >= 0.6 is 0 Å². The van der Waals surface area contributed by atoms with Crippen molar-refractivity contribution in [3.05, 3.63) is 36.2 Å². The van der Waals surface area contributed by atoms with E-state index in [1.807, 2.05) is 24.1 Å². The molecule has 0 heterocycles. The van der Waals surface area contributed by atoms with Crippen molar-refractivity contribution in [3.8, 4) is 0 Å². The zero-order valence-electron chi connectivity index (χ0n) is 12.7. The summed E-state index contributed by atoms with van der Waals surface area (Å²) in [5.74, 6) is 0.510. The zero-order chi connectivity index (χ0) is 14.5. The fourth-order valence-corrected chi connectivity index (χ4v) is 2.48. The van der Waals surface area contributed by atoms with Gasteiger partial charge in [0, 0.05) is 25.3 Å². The summed E-state index contributed by atoms with van der Waals surface area (Å²) >= 11 is 0. The van der Waals surface area contributed by atoms with E-state index in [0.717, 1.165) is 18.7 Å². The molecule has 0 bridgehead atoms. The van der Waals surface area contributed by atoms with Crippen LogP contribution in [0.25, 0.3) is 0 Å². The summed E-state index contributed by atoms with van der Waals surface area (Å²) in [4.78, 5) is 1.95. The molecule has 1 aromatic rings. The predicted molar refractivity (Wildman–Crippen MR) is 84.9 cm³/mol. The fraction of sp³-hybridized carbons (Fsp3) is 0.529. The van der Waals surface area contributed by atoms with Gasteiger partial charge in [-0.2, -0.15) is 0 Å². The quantitative estimate of drug-likeness (QED) is 0.800.